The number of aromatic nitrogens is 3. The van der Waals surface area contributed by atoms with Crippen molar-refractivity contribution in [1.29, 1.82) is 0 Å². The minimum Gasteiger partial charge on any atom is -0.360 e. The second kappa shape index (κ2) is 13.6. The smallest absolute Gasteiger partial charge is 0.251 e. The highest BCUT2D eigenvalue weighted by molar-refractivity contribution is 6.33. The Morgan fingerprint density at radius 2 is 1.81 bits per heavy atom. The molecule has 1 aliphatic carbocycles. The van der Waals surface area contributed by atoms with E-state index in [1.807, 2.05) is 49.5 Å². The Labute approximate surface area is 250 Å². The Hall–Kier alpha value is -4.21. The summed E-state index contributed by atoms with van der Waals surface area (Å²) in [6, 6.07) is 15.3. The van der Waals surface area contributed by atoms with Gasteiger partial charge in [0.15, 0.2) is 0 Å². The second-order valence-electron chi connectivity index (χ2n) is 10.9. The van der Waals surface area contributed by atoms with Crippen LogP contribution in [0.5, 0.6) is 0 Å². The number of likely N-dealkylation sites (N-methyl/N-ethyl adjacent to an activating group) is 1. The molecule has 9 nitrogen and oxygen atoms in total. The van der Waals surface area contributed by atoms with Gasteiger partial charge in [0.05, 0.1) is 16.9 Å². The molecule has 2 unspecified atom stereocenters. The van der Waals surface area contributed by atoms with E-state index in [2.05, 4.69) is 25.9 Å². The van der Waals surface area contributed by atoms with Crippen LogP contribution in [0.15, 0.2) is 73.1 Å². The van der Waals surface area contributed by atoms with Gasteiger partial charge in [0.1, 0.15) is 0 Å². The van der Waals surface area contributed by atoms with Crippen LogP contribution in [0.25, 0.3) is 22.2 Å². The van der Waals surface area contributed by atoms with Gasteiger partial charge >= 0.3 is 0 Å². The number of benzene rings is 2. The molecule has 0 bridgehead atoms. The number of carbonyl (C=O) groups is 2. The van der Waals surface area contributed by atoms with Crippen LogP contribution >= 0.6 is 11.6 Å². The van der Waals surface area contributed by atoms with E-state index in [1.54, 1.807) is 36.5 Å². The summed E-state index contributed by atoms with van der Waals surface area (Å²) in [5, 5.41) is 11.1. The average molecular weight is 586 g/mol. The zero-order chi connectivity index (χ0) is 29.5. The highest BCUT2D eigenvalue weighted by Gasteiger charge is 2.22. The molecule has 0 spiro atoms. The van der Waals surface area contributed by atoms with Gasteiger partial charge in [-0.3, -0.25) is 9.59 Å². The fourth-order valence-electron chi connectivity index (χ4n) is 5.19. The largest absolute Gasteiger partial charge is 0.360 e. The Bertz CT molecular complexity index is 1560. The molecule has 2 aromatic heterocycles. The number of carbonyl (C=O) groups excluding carboxylic acids is 2. The molecule has 4 aromatic rings. The lowest BCUT2D eigenvalue weighted by atomic mass is 10.1. The molecule has 4 N–H and O–H groups in total. The van der Waals surface area contributed by atoms with Crippen molar-refractivity contribution in [1.82, 2.24) is 25.2 Å². The van der Waals surface area contributed by atoms with Gasteiger partial charge in [-0.1, -0.05) is 35.9 Å². The lowest BCUT2D eigenvalue weighted by molar-refractivity contribution is -0.111. The number of halogens is 1. The number of anilines is 2. The van der Waals surface area contributed by atoms with E-state index in [0.29, 0.717) is 34.5 Å². The third kappa shape index (κ3) is 7.54. The molecule has 2 amide bonds. The van der Waals surface area contributed by atoms with Crippen LogP contribution in [-0.4, -0.2) is 64.4 Å². The van der Waals surface area contributed by atoms with Crippen molar-refractivity contribution in [3.8, 4) is 11.3 Å². The van der Waals surface area contributed by atoms with Crippen molar-refractivity contribution < 1.29 is 9.59 Å². The summed E-state index contributed by atoms with van der Waals surface area (Å²) in [6.45, 7) is 0.687. The molecule has 0 radical (unpaired) electrons. The molecule has 1 saturated carbocycles. The summed E-state index contributed by atoms with van der Waals surface area (Å²) >= 11 is 6.50. The Morgan fingerprint density at radius 1 is 1.05 bits per heavy atom. The number of fused-ring (bicyclic) bond motifs is 1. The summed E-state index contributed by atoms with van der Waals surface area (Å²) in [7, 11) is 3.88. The quantitative estimate of drug-likeness (QED) is 0.144. The van der Waals surface area contributed by atoms with Crippen LogP contribution < -0.4 is 16.0 Å². The molecule has 2 atom stereocenters. The van der Waals surface area contributed by atoms with Gasteiger partial charge in [-0.25, -0.2) is 9.97 Å². The fourth-order valence-corrected chi connectivity index (χ4v) is 5.39. The molecular formula is C32H36ClN7O2. The normalized spacial score (nSPS) is 17.3. The van der Waals surface area contributed by atoms with E-state index in [0.717, 1.165) is 48.6 Å². The van der Waals surface area contributed by atoms with E-state index in [1.165, 1.54) is 6.08 Å². The first-order chi connectivity index (χ1) is 20.4. The fraction of sp³-hybridized carbons (Fsp3) is 0.312. The third-order valence-electron chi connectivity index (χ3n) is 7.38. The van der Waals surface area contributed by atoms with Gasteiger partial charge in [0, 0.05) is 58.6 Å². The maximum atomic E-state index is 12.9. The van der Waals surface area contributed by atoms with Crippen molar-refractivity contribution in [2.75, 3.05) is 31.3 Å². The molecule has 218 valence electrons. The molecule has 1 aliphatic rings. The van der Waals surface area contributed by atoms with Crippen molar-refractivity contribution in [3.63, 3.8) is 0 Å². The van der Waals surface area contributed by atoms with E-state index < -0.39 is 0 Å². The Kier molecular flexibility index (Phi) is 9.51. The number of nitrogens with zero attached hydrogens (tertiary/aromatic N) is 3. The van der Waals surface area contributed by atoms with E-state index >= 15 is 0 Å². The number of rotatable bonds is 9. The first-order valence-corrected chi connectivity index (χ1v) is 14.6. The van der Waals surface area contributed by atoms with Gasteiger partial charge in [0.2, 0.25) is 11.9 Å². The topological polar surface area (TPSA) is 115 Å². The zero-order valence-corrected chi connectivity index (χ0v) is 24.6. The highest BCUT2D eigenvalue weighted by atomic mass is 35.5. The summed E-state index contributed by atoms with van der Waals surface area (Å²) in [5.41, 5.74) is 3.87. The van der Waals surface area contributed by atoms with Gasteiger partial charge in [-0.15, -0.1) is 0 Å². The van der Waals surface area contributed by atoms with Crippen molar-refractivity contribution >= 4 is 46.0 Å². The SMILES string of the molecule is CN(C)CC=CC(=O)Nc1ccc(C(=O)NC2CCCC(Nc3ncc(Cl)c(-c4c[nH]c5ccccc45)n3)CC2)cc1. The third-order valence-corrected chi connectivity index (χ3v) is 7.66. The van der Waals surface area contributed by atoms with E-state index in [9.17, 15) is 9.59 Å². The number of amides is 2. The Morgan fingerprint density at radius 3 is 2.62 bits per heavy atom. The Balaban J connectivity index is 1.14. The molecule has 5 rings (SSSR count). The number of aromatic amines is 1. The first kappa shape index (κ1) is 29.3. The predicted octanol–water partition coefficient (Wildman–Crippen LogP) is 5.88. The maximum absolute atomic E-state index is 12.9. The van der Waals surface area contributed by atoms with Gasteiger partial charge in [0.25, 0.3) is 5.91 Å². The summed E-state index contributed by atoms with van der Waals surface area (Å²) < 4.78 is 0. The van der Waals surface area contributed by atoms with Crippen molar-refractivity contribution in [3.05, 3.63) is 83.7 Å². The second-order valence-corrected chi connectivity index (χ2v) is 11.3. The lowest BCUT2D eigenvalue weighted by Crippen LogP contribution is -2.34. The van der Waals surface area contributed by atoms with Crippen LogP contribution in [-0.2, 0) is 4.79 Å². The molecule has 42 heavy (non-hydrogen) atoms. The van der Waals surface area contributed by atoms with Crippen LogP contribution in [0.1, 0.15) is 42.5 Å². The molecule has 1 fully saturated rings. The number of H-pyrrole nitrogens is 1. The maximum Gasteiger partial charge on any atom is 0.251 e. The highest BCUT2D eigenvalue weighted by Crippen LogP contribution is 2.32. The van der Waals surface area contributed by atoms with Gasteiger partial charge < -0.3 is 25.8 Å². The van der Waals surface area contributed by atoms with Crippen molar-refractivity contribution in [2.45, 2.75) is 44.2 Å². The van der Waals surface area contributed by atoms with Crippen LogP contribution in [0.2, 0.25) is 5.02 Å². The standard InChI is InChI=1S/C32H36ClN7O2/c1-40(2)18-6-11-29(41)36-24-14-12-21(13-15-24)31(42)37-22-7-5-8-23(17-16-22)38-32-35-20-27(33)30(39-32)26-19-34-28-10-4-3-9-25(26)28/h3-4,6,9-15,19-20,22-23,34H,5,7-8,16-18H2,1-2H3,(H,36,41)(H,37,42)(H,35,38,39). The molecule has 0 saturated heterocycles. The molecule has 2 aromatic carbocycles. The van der Waals surface area contributed by atoms with Crippen molar-refractivity contribution in [2.24, 2.45) is 0 Å². The minimum atomic E-state index is -0.200. The van der Waals surface area contributed by atoms with E-state index in [4.69, 9.17) is 16.6 Å². The average Bonchev–Trinajstić information content (AvgIpc) is 3.28. The first-order valence-electron chi connectivity index (χ1n) is 14.2. The molecule has 10 heteroatoms. The van der Waals surface area contributed by atoms with Crippen LogP contribution in [0.3, 0.4) is 0 Å². The number of hydrogen-bond acceptors (Lipinski definition) is 6. The van der Waals surface area contributed by atoms with Crippen LogP contribution in [0.4, 0.5) is 11.6 Å². The number of hydrogen-bond donors (Lipinski definition) is 4. The lowest BCUT2D eigenvalue weighted by Gasteiger charge is -2.18. The predicted molar refractivity (Wildman–Crippen MR) is 169 cm³/mol. The number of para-hydroxylation sites is 1. The van der Waals surface area contributed by atoms with Gasteiger partial charge in [-0.05, 0) is 76.5 Å². The minimum absolute atomic E-state index is 0.0819. The van der Waals surface area contributed by atoms with Crippen LogP contribution in [0, 0.1) is 0 Å². The molecular weight excluding hydrogens is 550 g/mol. The van der Waals surface area contributed by atoms with E-state index in [-0.39, 0.29) is 23.9 Å². The molecule has 2 heterocycles. The summed E-state index contributed by atoms with van der Waals surface area (Å²) in [5.74, 6) is 0.237. The van der Waals surface area contributed by atoms with Gasteiger partial charge in [-0.2, -0.15) is 0 Å². The summed E-state index contributed by atoms with van der Waals surface area (Å²) in [4.78, 5) is 39.5. The zero-order valence-electron chi connectivity index (χ0n) is 23.9. The number of nitrogens with one attached hydrogen (secondary N) is 4. The monoisotopic (exact) mass is 585 g/mol. The molecule has 0 aliphatic heterocycles. The summed E-state index contributed by atoms with van der Waals surface area (Å²) in [6.07, 6.45) is 11.4.